The zero-order valence-electron chi connectivity index (χ0n) is 11.5. The van der Waals surface area contributed by atoms with E-state index in [1.165, 1.54) is 13.1 Å². The van der Waals surface area contributed by atoms with Crippen LogP contribution in [-0.4, -0.2) is 32.7 Å². The standard InChI is InChI=1S/C13H21N3O3S/c1-15-20(18,19)13-8-9(14)2-7-12(13)16-10-3-5-11(17)6-4-10/h2,7-8,10-11,15-17H,3-6,14H2,1H3. The van der Waals surface area contributed by atoms with Crippen LogP contribution in [-0.2, 0) is 10.0 Å². The summed E-state index contributed by atoms with van der Waals surface area (Å²) in [5.41, 5.74) is 6.63. The summed E-state index contributed by atoms with van der Waals surface area (Å²) in [6, 6.07) is 4.98. The minimum absolute atomic E-state index is 0.158. The lowest BCUT2D eigenvalue weighted by atomic mass is 9.93. The Kier molecular flexibility index (Phi) is 4.52. The van der Waals surface area contributed by atoms with Gasteiger partial charge in [0.05, 0.1) is 11.8 Å². The molecule has 0 atom stereocenters. The summed E-state index contributed by atoms with van der Waals surface area (Å²) in [5, 5.41) is 12.8. The SMILES string of the molecule is CNS(=O)(=O)c1cc(N)ccc1NC1CCC(O)CC1. The molecule has 0 heterocycles. The summed E-state index contributed by atoms with van der Waals surface area (Å²) in [4.78, 5) is 0.158. The second-order valence-corrected chi connectivity index (χ2v) is 6.97. The molecule has 1 aliphatic carbocycles. The molecule has 7 heteroatoms. The van der Waals surface area contributed by atoms with E-state index in [0.717, 1.165) is 25.7 Å². The van der Waals surface area contributed by atoms with E-state index in [4.69, 9.17) is 5.73 Å². The number of rotatable bonds is 4. The van der Waals surface area contributed by atoms with E-state index in [2.05, 4.69) is 10.0 Å². The van der Waals surface area contributed by atoms with Crippen molar-refractivity contribution in [2.75, 3.05) is 18.1 Å². The summed E-state index contributed by atoms with van der Waals surface area (Å²) in [6.45, 7) is 0. The van der Waals surface area contributed by atoms with Crippen LogP contribution in [0, 0.1) is 0 Å². The van der Waals surface area contributed by atoms with Gasteiger partial charge in [-0.1, -0.05) is 0 Å². The lowest BCUT2D eigenvalue weighted by Gasteiger charge is -2.27. The minimum atomic E-state index is -3.55. The average Bonchev–Trinajstić information content (AvgIpc) is 2.43. The molecule has 112 valence electrons. The van der Waals surface area contributed by atoms with Gasteiger partial charge in [-0.2, -0.15) is 0 Å². The number of nitrogen functional groups attached to an aromatic ring is 1. The van der Waals surface area contributed by atoms with Crippen molar-refractivity contribution in [2.24, 2.45) is 0 Å². The summed E-state index contributed by atoms with van der Waals surface area (Å²) in [5.74, 6) is 0. The summed E-state index contributed by atoms with van der Waals surface area (Å²) >= 11 is 0. The Bertz CT molecular complexity index is 566. The first-order valence-corrected chi connectivity index (χ1v) is 8.18. The molecular formula is C13H21N3O3S. The van der Waals surface area contributed by atoms with Gasteiger partial charge >= 0.3 is 0 Å². The normalized spacial score (nSPS) is 23.5. The largest absolute Gasteiger partial charge is 0.399 e. The first-order chi connectivity index (χ1) is 9.42. The molecule has 1 fully saturated rings. The van der Waals surface area contributed by atoms with Gasteiger partial charge in [0, 0.05) is 11.7 Å². The molecular weight excluding hydrogens is 278 g/mol. The highest BCUT2D eigenvalue weighted by Gasteiger charge is 2.22. The van der Waals surface area contributed by atoms with E-state index < -0.39 is 10.0 Å². The lowest BCUT2D eigenvalue weighted by molar-refractivity contribution is 0.126. The molecule has 1 aromatic rings. The Labute approximate surface area is 119 Å². The number of anilines is 2. The zero-order chi connectivity index (χ0) is 14.8. The maximum atomic E-state index is 12.0. The molecule has 1 saturated carbocycles. The Hall–Kier alpha value is -1.31. The molecule has 1 aliphatic rings. The topological polar surface area (TPSA) is 104 Å². The zero-order valence-corrected chi connectivity index (χ0v) is 12.3. The van der Waals surface area contributed by atoms with Gasteiger partial charge in [-0.3, -0.25) is 0 Å². The van der Waals surface area contributed by atoms with E-state index in [-0.39, 0.29) is 17.0 Å². The highest BCUT2D eigenvalue weighted by molar-refractivity contribution is 7.89. The van der Waals surface area contributed by atoms with Crippen molar-refractivity contribution in [1.82, 2.24) is 4.72 Å². The third-order valence-corrected chi connectivity index (χ3v) is 5.07. The molecule has 2 rings (SSSR count). The molecule has 0 bridgehead atoms. The molecule has 0 spiro atoms. The fraction of sp³-hybridized carbons (Fsp3) is 0.538. The first kappa shape index (κ1) is 15.1. The van der Waals surface area contributed by atoms with Gasteiger partial charge < -0.3 is 16.2 Å². The van der Waals surface area contributed by atoms with Crippen molar-refractivity contribution < 1.29 is 13.5 Å². The van der Waals surface area contributed by atoms with E-state index in [1.807, 2.05) is 0 Å². The number of nitrogens with two attached hydrogens (primary N) is 1. The minimum Gasteiger partial charge on any atom is -0.399 e. The number of nitrogens with one attached hydrogen (secondary N) is 2. The Morgan fingerprint density at radius 1 is 1.25 bits per heavy atom. The molecule has 0 aliphatic heterocycles. The molecule has 20 heavy (non-hydrogen) atoms. The van der Waals surface area contributed by atoms with Gasteiger partial charge in [-0.25, -0.2) is 13.1 Å². The number of hydrogen-bond acceptors (Lipinski definition) is 5. The van der Waals surface area contributed by atoms with Crippen LogP contribution >= 0.6 is 0 Å². The quantitative estimate of drug-likeness (QED) is 0.618. The monoisotopic (exact) mass is 299 g/mol. The van der Waals surface area contributed by atoms with Crippen LogP contribution < -0.4 is 15.8 Å². The highest BCUT2D eigenvalue weighted by Crippen LogP contribution is 2.28. The molecule has 5 N–H and O–H groups in total. The van der Waals surface area contributed by atoms with Crippen molar-refractivity contribution >= 4 is 21.4 Å². The number of aliphatic hydroxyl groups is 1. The maximum absolute atomic E-state index is 12.0. The number of hydrogen-bond donors (Lipinski definition) is 4. The van der Waals surface area contributed by atoms with Gasteiger partial charge in [0.25, 0.3) is 0 Å². The Balaban J connectivity index is 2.23. The summed E-state index contributed by atoms with van der Waals surface area (Å²) < 4.78 is 26.3. The van der Waals surface area contributed by atoms with Gasteiger partial charge in [-0.15, -0.1) is 0 Å². The van der Waals surface area contributed by atoms with Gasteiger partial charge in [0.1, 0.15) is 4.90 Å². The van der Waals surface area contributed by atoms with E-state index in [0.29, 0.717) is 11.4 Å². The van der Waals surface area contributed by atoms with Crippen LogP contribution in [0.1, 0.15) is 25.7 Å². The van der Waals surface area contributed by atoms with Crippen molar-refractivity contribution in [2.45, 2.75) is 42.7 Å². The molecule has 6 nitrogen and oxygen atoms in total. The average molecular weight is 299 g/mol. The van der Waals surface area contributed by atoms with E-state index in [9.17, 15) is 13.5 Å². The maximum Gasteiger partial charge on any atom is 0.242 e. The van der Waals surface area contributed by atoms with Gasteiger partial charge in [-0.05, 0) is 50.9 Å². The van der Waals surface area contributed by atoms with Crippen LogP contribution in [0.5, 0.6) is 0 Å². The fourth-order valence-corrected chi connectivity index (χ4v) is 3.36. The summed E-state index contributed by atoms with van der Waals surface area (Å²) in [6.07, 6.45) is 2.89. The predicted molar refractivity (Wildman–Crippen MR) is 79.0 cm³/mol. The van der Waals surface area contributed by atoms with Gasteiger partial charge in [0.2, 0.25) is 10.0 Å². The second-order valence-electron chi connectivity index (χ2n) is 5.11. The van der Waals surface area contributed by atoms with Crippen molar-refractivity contribution in [3.05, 3.63) is 18.2 Å². The number of aliphatic hydroxyl groups excluding tert-OH is 1. The molecule has 0 unspecified atom stereocenters. The smallest absolute Gasteiger partial charge is 0.242 e. The van der Waals surface area contributed by atoms with Crippen molar-refractivity contribution in [1.29, 1.82) is 0 Å². The molecule has 0 saturated heterocycles. The Morgan fingerprint density at radius 2 is 1.90 bits per heavy atom. The first-order valence-electron chi connectivity index (χ1n) is 6.70. The fourth-order valence-electron chi connectivity index (χ4n) is 2.43. The summed E-state index contributed by atoms with van der Waals surface area (Å²) in [7, 11) is -2.18. The molecule has 0 radical (unpaired) electrons. The van der Waals surface area contributed by atoms with Crippen LogP contribution in [0.25, 0.3) is 0 Å². The van der Waals surface area contributed by atoms with Crippen molar-refractivity contribution in [3.63, 3.8) is 0 Å². The number of sulfonamides is 1. The molecule has 1 aromatic carbocycles. The second kappa shape index (κ2) is 5.99. The van der Waals surface area contributed by atoms with Crippen LogP contribution in [0.3, 0.4) is 0 Å². The third-order valence-electron chi connectivity index (χ3n) is 3.62. The van der Waals surface area contributed by atoms with Crippen LogP contribution in [0.2, 0.25) is 0 Å². The number of benzene rings is 1. The predicted octanol–water partition coefficient (Wildman–Crippen LogP) is 0.892. The lowest BCUT2D eigenvalue weighted by Crippen LogP contribution is -2.29. The van der Waals surface area contributed by atoms with Crippen LogP contribution in [0.15, 0.2) is 23.1 Å². The van der Waals surface area contributed by atoms with Crippen molar-refractivity contribution in [3.8, 4) is 0 Å². The van der Waals surface area contributed by atoms with Crippen LogP contribution in [0.4, 0.5) is 11.4 Å². The molecule has 0 amide bonds. The van der Waals surface area contributed by atoms with E-state index >= 15 is 0 Å². The van der Waals surface area contributed by atoms with E-state index in [1.54, 1.807) is 12.1 Å². The highest BCUT2D eigenvalue weighted by atomic mass is 32.2. The Morgan fingerprint density at radius 3 is 2.50 bits per heavy atom. The molecule has 0 aromatic heterocycles. The third kappa shape index (κ3) is 3.41. The van der Waals surface area contributed by atoms with Gasteiger partial charge in [0.15, 0.2) is 0 Å².